The third-order valence-corrected chi connectivity index (χ3v) is 4.34. The maximum absolute atomic E-state index is 11.8. The van der Waals surface area contributed by atoms with Crippen molar-refractivity contribution >= 4 is 37.6 Å². The largest absolute Gasteiger partial charge is 0.243 e. The van der Waals surface area contributed by atoms with Crippen LogP contribution in [0.25, 0.3) is 0 Å². The lowest BCUT2D eigenvalue weighted by Gasteiger charge is -2.06. The Morgan fingerprint density at radius 1 is 1.53 bits per heavy atom. The minimum atomic E-state index is -3.52. The van der Waals surface area contributed by atoms with Gasteiger partial charge in [-0.2, -0.15) is 0 Å². The van der Waals surface area contributed by atoms with Crippen LogP contribution in [0, 0.1) is 0 Å². The molecule has 1 aromatic heterocycles. The van der Waals surface area contributed by atoms with E-state index in [9.17, 15) is 8.42 Å². The van der Waals surface area contributed by atoms with Gasteiger partial charge in [0.25, 0.3) is 0 Å². The zero-order chi connectivity index (χ0) is 11.1. The third kappa shape index (κ3) is 2.69. The predicted octanol–water partition coefficient (Wildman–Crippen LogP) is 1.94. The molecule has 0 radical (unpaired) electrons. The molecule has 1 fully saturated rings. The number of aromatic nitrogens is 1. The molecule has 1 saturated carbocycles. The minimum absolute atomic E-state index is 0.00801. The lowest BCUT2D eigenvalue weighted by Crippen LogP contribution is -2.26. The molecule has 4 nitrogen and oxygen atoms in total. The van der Waals surface area contributed by atoms with Gasteiger partial charge in [-0.1, -0.05) is 11.6 Å². The Morgan fingerprint density at radius 3 is 2.80 bits per heavy atom. The molecule has 0 spiro atoms. The molecule has 0 unspecified atom stereocenters. The molecule has 0 aromatic carbocycles. The number of hydrogen-bond donors (Lipinski definition) is 1. The fraction of sp³-hybridized carbons (Fsp3) is 0.375. The van der Waals surface area contributed by atoms with Gasteiger partial charge in [-0.15, -0.1) is 0 Å². The normalized spacial score (nSPS) is 16.7. The molecular weight excluding hydrogens is 304 g/mol. The zero-order valence-electron chi connectivity index (χ0n) is 7.57. The van der Waals surface area contributed by atoms with Crippen molar-refractivity contribution in [2.24, 2.45) is 0 Å². The van der Waals surface area contributed by atoms with Gasteiger partial charge in [0.2, 0.25) is 10.0 Å². The van der Waals surface area contributed by atoms with E-state index in [1.807, 2.05) is 0 Å². The van der Waals surface area contributed by atoms with Crippen molar-refractivity contribution in [3.05, 3.63) is 21.9 Å². The first kappa shape index (κ1) is 11.3. The van der Waals surface area contributed by atoms with E-state index in [0.717, 1.165) is 12.8 Å². The number of nitrogens with one attached hydrogen (secondary N) is 1. The molecule has 0 amide bonds. The van der Waals surface area contributed by atoms with Gasteiger partial charge >= 0.3 is 0 Å². The van der Waals surface area contributed by atoms with Crippen LogP contribution in [0.5, 0.6) is 0 Å². The molecule has 1 heterocycles. The molecule has 0 aliphatic heterocycles. The molecule has 1 aromatic rings. The Bertz CT molecular complexity index is 487. The molecule has 0 atom stereocenters. The maximum Gasteiger partial charge on any atom is 0.243 e. The standard InChI is InChI=1S/C8H8BrClN2O2S/c9-5-3-7(8(10)11-4-5)15(13,14)12-6-1-2-6/h3-4,6,12H,1-2H2. The van der Waals surface area contributed by atoms with Gasteiger partial charge in [0.05, 0.1) is 0 Å². The van der Waals surface area contributed by atoms with E-state index >= 15 is 0 Å². The SMILES string of the molecule is O=S(=O)(NC1CC1)c1cc(Br)cnc1Cl. The second-order valence-electron chi connectivity index (χ2n) is 3.34. The van der Waals surface area contributed by atoms with Crippen LogP contribution in [-0.4, -0.2) is 19.4 Å². The molecule has 1 N–H and O–H groups in total. The van der Waals surface area contributed by atoms with Gasteiger partial charge in [0.1, 0.15) is 10.0 Å². The Hall–Kier alpha value is -0.170. The van der Waals surface area contributed by atoms with E-state index in [1.54, 1.807) is 0 Å². The van der Waals surface area contributed by atoms with Crippen molar-refractivity contribution in [1.29, 1.82) is 0 Å². The van der Waals surface area contributed by atoms with E-state index in [0.29, 0.717) is 4.47 Å². The quantitative estimate of drug-likeness (QED) is 0.868. The van der Waals surface area contributed by atoms with Gasteiger partial charge in [-0.3, -0.25) is 0 Å². The fourth-order valence-corrected chi connectivity index (χ4v) is 3.33. The minimum Gasteiger partial charge on any atom is -0.242 e. The van der Waals surface area contributed by atoms with Gasteiger partial charge < -0.3 is 0 Å². The summed E-state index contributed by atoms with van der Waals surface area (Å²) in [5.41, 5.74) is 0. The van der Waals surface area contributed by atoms with Crippen LogP contribution in [0.15, 0.2) is 21.6 Å². The van der Waals surface area contributed by atoms with Crippen LogP contribution in [0.1, 0.15) is 12.8 Å². The molecule has 2 rings (SSSR count). The molecule has 15 heavy (non-hydrogen) atoms. The van der Waals surface area contributed by atoms with Crippen LogP contribution in [0.4, 0.5) is 0 Å². The highest BCUT2D eigenvalue weighted by Gasteiger charge is 2.29. The zero-order valence-corrected chi connectivity index (χ0v) is 10.7. The third-order valence-electron chi connectivity index (χ3n) is 1.96. The Morgan fingerprint density at radius 2 is 2.20 bits per heavy atom. The number of nitrogens with zero attached hydrogens (tertiary/aromatic N) is 1. The molecule has 0 saturated heterocycles. The highest BCUT2D eigenvalue weighted by atomic mass is 79.9. The Labute approximate surface area is 101 Å². The first-order valence-electron chi connectivity index (χ1n) is 4.32. The lowest BCUT2D eigenvalue weighted by atomic mass is 10.5. The van der Waals surface area contributed by atoms with Crippen LogP contribution in [0.2, 0.25) is 5.15 Å². The van der Waals surface area contributed by atoms with E-state index in [4.69, 9.17) is 11.6 Å². The van der Waals surface area contributed by atoms with Gasteiger partial charge in [0, 0.05) is 16.7 Å². The number of hydrogen-bond acceptors (Lipinski definition) is 3. The Balaban J connectivity index is 2.38. The van der Waals surface area contributed by atoms with E-state index in [1.165, 1.54) is 12.3 Å². The molecule has 1 aliphatic carbocycles. The van der Waals surface area contributed by atoms with Gasteiger partial charge in [0.15, 0.2) is 0 Å². The van der Waals surface area contributed by atoms with E-state index in [-0.39, 0.29) is 16.1 Å². The van der Waals surface area contributed by atoms with Crippen LogP contribution in [-0.2, 0) is 10.0 Å². The molecule has 1 aliphatic rings. The second-order valence-corrected chi connectivity index (χ2v) is 6.29. The second kappa shape index (κ2) is 4.01. The van der Waals surface area contributed by atoms with Crippen molar-refractivity contribution in [3.63, 3.8) is 0 Å². The summed E-state index contributed by atoms with van der Waals surface area (Å²) in [5, 5.41) is -0.00801. The number of pyridine rings is 1. The molecule has 0 bridgehead atoms. The lowest BCUT2D eigenvalue weighted by molar-refractivity contribution is 0.580. The van der Waals surface area contributed by atoms with Crippen molar-refractivity contribution in [2.45, 2.75) is 23.8 Å². The molecule has 7 heteroatoms. The number of sulfonamides is 1. The highest BCUT2D eigenvalue weighted by Crippen LogP contribution is 2.26. The average molecular weight is 312 g/mol. The summed E-state index contributed by atoms with van der Waals surface area (Å²) in [7, 11) is -3.52. The van der Waals surface area contributed by atoms with Gasteiger partial charge in [-0.25, -0.2) is 18.1 Å². The van der Waals surface area contributed by atoms with Crippen molar-refractivity contribution in [3.8, 4) is 0 Å². The summed E-state index contributed by atoms with van der Waals surface area (Å²) in [6.45, 7) is 0. The summed E-state index contributed by atoms with van der Waals surface area (Å²) < 4.78 is 26.7. The van der Waals surface area contributed by atoms with Gasteiger partial charge in [-0.05, 0) is 34.8 Å². The molecular formula is C8H8BrClN2O2S. The highest BCUT2D eigenvalue weighted by molar-refractivity contribution is 9.10. The summed E-state index contributed by atoms with van der Waals surface area (Å²) in [6.07, 6.45) is 3.23. The number of halogens is 2. The van der Waals surface area contributed by atoms with Crippen molar-refractivity contribution in [1.82, 2.24) is 9.71 Å². The topological polar surface area (TPSA) is 59.1 Å². The summed E-state index contributed by atoms with van der Waals surface area (Å²) in [6, 6.07) is 1.50. The fourth-order valence-electron chi connectivity index (χ4n) is 1.08. The summed E-state index contributed by atoms with van der Waals surface area (Å²) >= 11 is 8.89. The maximum atomic E-state index is 11.8. The van der Waals surface area contributed by atoms with Crippen LogP contribution >= 0.6 is 27.5 Å². The van der Waals surface area contributed by atoms with Crippen molar-refractivity contribution < 1.29 is 8.42 Å². The smallest absolute Gasteiger partial charge is 0.242 e. The first-order chi connectivity index (χ1) is 6.99. The average Bonchev–Trinajstić information content (AvgIpc) is 2.92. The van der Waals surface area contributed by atoms with Crippen LogP contribution < -0.4 is 4.72 Å². The summed E-state index contributed by atoms with van der Waals surface area (Å²) in [5.74, 6) is 0. The predicted molar refractivity (Wildman–Crippen MR) is 60.3 cm³/mol. The summed E-state index contributed by atoms with van der Waals surface area (Å²) in [4.78, 5) is 3.79. The van der Waals surface area contributed by atoms with Crippen molar-refractivity contribution in [2.75, 3.05) is 0 Å². The monoisotopic (exact) mass is 310 g/mol. The molecule has 82 valence electrons. The first-order valence-corrected chi connectivity index (χ1v) is 6.98. The van der Waals surface area contributed by atoms with E-state index in [2.05, 4.69) is 25.6 Å². The van der Waals surface area contributed by atoms with Crippen LogP contribution in [0.3, 0.4) is 0 Å². The Kier molecular flexibility index (Phi) is 3.03. The number of rotatable bonds is 3. The van der Waals surface area contributed by atoms with E-state index < -0.39 is 10.0 Å².